The zero-order chi connectivity index (χ0) is 21.5. The summed E-state index contributed by atoms with van der Waals surface area (Å²) in [6.07, 6.45) is 0. The minimum Gasteiger partial charge on any atom is -0.339 e. The maximum absolute atomic E-state index is 12.6. The Bertz CT molecular complexity index is 1010. The number of carbonyl (C=O) groups is 2. The summed E-state index contributed by atoms with van der Waals surface area (Å²) in [5.74, 6) is -0.760. The lowest BCUT2D eigenvalue weighted by Crippen LogP contribution is -2.48. The molecule has 0 bridgehead atoms. The summed E-state index contributed by atoms with van der Waals surface area (Å²) < 4.78 is 1.94. The van der Waals surface area contributed by atoms with Gasteiger partial charge in [-0.3, -0.25) is 13.9 Å². The molecule has 3 rings (SSSR count). The monoisotopic (exact) mass is 441 g/mol. The molecule has 0 fully saturated rings. The molecule has 0 aliphatic heterocycles. The molecule has 0 radical (unpaired) electrons. The van der Waals surface area contributed by atoms with Crippen molar-refractivity contribution in [3.8, 4) is 11.3 Å². The molecular weight excluding hydrogens is 418 g/mol. The number of amides is 2. The lowest BCUT2D eigenvalue weighted by atomic mass is 10.2. The van der Waals surface area contributed by atoms with Crippen molar-refractivity contribution in [2.24, 2.45) is 5.73 Å². The molecule has 2 aromatic carbocycles. The highest BCUT2D eigenvalue weighted by Gasteiger charge is 2.21. The molecule has 0 spiro atoms. The van der Waals surface area contributed by atoms with Crippen molar-refractivity contribution in [1.82, 2.24) is 14.6 Å². The second kappa shape index (κ2) is 10.4. The number of hydrogen-bond donors (Lipinski definition) is 3. The van der Waals surface area contributed by atoms with Crippen molar-refractivity contribution in [1.29, 1.82) is 0 Å². The van der Waals surface area contributed by atoms with Gasteiger partial charge in [-0.15, -0.1) is 11.3 Å². The number of benzene rings is 2. The number of thiazole rings is 1. The van der Waals surface area contributed by atoms with Crippen LogP contribution in [0.1, 0.15) is 10.4 Å². The van der Waals surface area contributed by atoms with E-state index in [1.165, 1.54) is 23.3 Å². The van der Waals surface area contributed by atoms with Crippen LogP contribution in [-0.4, -0.2) is 47.8 Å². The molecule has 30 heavy (non-hydrogen) atoms. The fourth-order valence-electron chi connectivity index (χ4n) is 2.64. The summed E-state index contributed by atoms with van der Waals surface area (Å²) in [5.41, 5.74) is 7.95. The van der Waals surface area contributed by atoms with Gasteiger partial charge in [0.25, 0.3) is 5.91 Å². The molecule has 0 aliphatic carbocycles. The van der Waals surface area contributed by atoms with E-state index < -0.39 is 11.9 Å². The molecule has 3 aromatic rings. The van der Waals surface area contributed by atoms with Gasteiger partial charge in [-0.05, 0) is 44.2 Å². The summed E-state index contributed by atoms with van der Waals surface area (Å²) in [5, 5.41) is 7.76. The molecule has 1 aromatic heterocycles. The molecule has 0 saturated heterocycles. The van der Waals surface area contributed by atoms with Crippen molar-refractivity contribution < 1.29 is 9.59 Å². The Balaban J connectivity index is 1.64. The lowest BCUT2D eigenvalue weighted by molar-refractivity contribution is -0.117. The van der Waals surface area contributed by atoms with Gasteiger partial charge in [0.1, 0.15) is 6.04 Å². The molecule has 1 heterocycles. The maximum atomic E-state index is 12.6. The van der Waals surface area contributed by atoms with Gasteiger partial charge >= 0.3 is 0 Å². The van der Waals surface area contributed by atoms with Crippen molar-refractivity contribution >= 4 is 40.2 Å². The van der Waals surface area contributed by atoms with Gasteiger partial charge in [0.2, 0.25) is 5.91 Å². The maximum Gasteiger partial charge on any atom is 0.252 e. The molecule has 0 saturated carbocycles. The van der Waals surface area contributed by atoms with Gasteiger partial charge in [-0.2, -0.15) is 0 Å². The van der Waals surface area contributed by atoms with Crippen LogP contribution in [0, 0.1) is 0 Å². The highest BCUT2D eigenvalue weighted by Crippen LogP contribution is 2.24. The highest BCUT2D eigenvalue weighted by atomic mass is 32.2. The first-order valence-electron chi connectivity index (χ1n) is 9.24. The SMILES string of the molecule is CN(C)Sc1cccc(C(=O)N[C@@H](CN)C(=O)Nc2nc(-c3ccccc3)cs2)c1. The molecule has 0 unspecified atom stereocenters. The first-order valence-corrected chi connectivity index (χ1v) is 10.9. The molecule has 0 aliphatic rings. The zero-order valence-corrected chi connectivity index (χ0v) is 18.3. The van der Waals surface area contributed by atoms with Gasteiger partial charge in [0.15, 0.2) is 5.13 Å². The van der Waals surface area contributed by atoms with Crippen molar-refractivity contribution in [2.45, 2.75) is 10.9 Å². The first kappa shape index (κ1) is 22.0. The third-order valence-corrected chi connectivity index (χ3v) is 5.63. The summed E-state index contributed by atoms with van der Waals surface area (Å²) in [6, 6.07) is 16.0. The molecule has 4 N–H and O–H groups in total. The second-order valence-electron chi connectivity index (χ2n) is 6.59. The Labute approximate surface area is 183 Å². The molecule has 7 nitrogen and oxygen atoms in total. The van der Waals surface area contributed by atoms with E-state index in [0.29, 0.717) is 10.7 Å². The predicted octanol–water partition coefficient (Wildman–Crippen LogP) is 3.07. The van der Waals surface area contributed by atoms with Gasteiger partial charge in [0, 0.05) is 27.9 Å². The van der Waals surface area contributed by atoms with E-state index in [2.05, 4.69) is 15.6 Å². The minimum absolute atomic E-state index is 0.0272. The van der Waals surface area contributed by atoms with Crippen LogP contribution in [-0.2, 0) is 4.79 Å². The van der Waals surface area contributed by atoms with E-state index in [-0.39, 0.29) is 12.5 Å². The molecule has 9 heteroatoms. The van der Waals surface area contributed by atoms with Crippen molar-refractivity contribution in [3.63, 3.8) is 0 Å². The summed E-state index contributed by atoms with van der Waals surface area (Å²) in [4.78, 5) is 30.6. The smallest absolute Gasteiger partial charge is 0.252 e. The average molecular weight is 442 g/mol. The van der Waals surface area contributed by atoms with Crippen molar-refractivity contribution in [2.75, 3.05) is 26.0 Å². The van der Waals surface area contributed by atoms with E-state index >= 15 is 0 Å². The van der Waals surface area contributed by atoms with Crippen LogP contribution in [0.3, 0.4) is 0 Å². The van der Waals surface area contributed by atoms with E-state index in [1.54, 1.807) is 18.2 Å². The Hall–Kier alpha value is -2.72. The number of aromatic nitrogens is 1. The number of rotatable bonds is 8. The second-order valence-corrected chi connectivity index (χ2v) is 8.83. The van der Waals surface area contributed by atoms with Gasteiger partial charge in [-0.25, -0.2) is 4.98 Å². The van der Waals surface area contributed by atoms with E-state index in [4.69, 9.17) is 5.73 Å². The fraction of sp³-hybridized carbons (Fsp3) is 0.190. The molecule has 2 amide bonds. The topological polar surface area (TPSA) is 100 Å². The quantitative estimate of drug-likeness (QED) is 0.465. The van der Waals surface area contributed by atoms with Crippen LogP contribution in [0.2, 0.25) is 0 Å². The van der Waals surface area contributed by atoms with Gasteiger partial charge in [0.05, 0.1) is 5.69 Å². The molecule has 156 valence electrons. The highest BCUT2D eigenvalue weighted by molar-refractivity contribution is 7.97. The first-order chi connectivity index (χ1) is 14.5. The van der Waals surface area contributed by atoms with E-state index in [1.807, 2.05) is 60.2 Å². The number of carbonyl (C=O) groups excluding carboxylic acids is 2. The predicted molar refractivity (Wildman–Crippen MR) is 122 cm³/mol. The average Bonchev–Trinajstić information content (AvgIpc) is 3.20. The summed E-state index contributed by atoms with van der Waals surface area (Å²) in [6.45, 7) is -0.0272. The normalized spacial score (nSPS) is 11.9. The number of anilines is 1. The standard InChI is InChI=1S/C21H23N5O2S2/c1-26(2)30-16-10-6-9-15(11-16)19(27)23-17(12-22)20(28)25-21-24-18(13-29-21)14-7-4-3-5-8-14/h3-11,13,17H,12,22H2,1-2H3,(H,23,27)(H,24,25,28)/t17-/m0/s1. The number of nitrogens with one attached hydrogen (secondary N) is 2. The lowest BCUT2D eigenvalue weighted by Gasteiger charge is -2.16. The Kier molecular flexibility index (Phi) is 7.58. The number of nitrogens with zero attached hydrogens (tertiary/aromatic N) is 2. The summed E-state index contributed by atoms with van der Waals surface area (Å²) >= 11 is 2.83. The van der Waals surface area contributed by atoms with Crippen molar-refractivity contribution in [3.05, 3.63) is 65.5 Å². The van der Waals surface area contributed by atoms with Gasteiger partial charge < -0.3 is 16.4 Å². The zero-order valence-electron chi connectivity index (χ0n) is 16.7. The summed E-state index contributed by atoms with van der Waals surface area (Å²) in [7, 11) is 3.85. The molecule has 1 atom stereocenters. The molecular formula is C21H23N5O2S2. The third kappa shape index (κ3) is 5.90. The largest absolute Gasteiger partial charge is 0.339 e. The number of hydrogen-bond acceptors (Lipinski definition) is 7. The fourth-order valence-corrected chi connectivity index (χ4v) is 4.11. The van der Waals surface area contributed by atoms with Crippen LogP contribution >= 0.6 is 23.3 Å². The van der Waals surface area contributed by atoms with E-state index in [9.17, 15) is 9.59 Å². The third-order valence-electron chi connectivity index (χ3n) is 4.05. The van der Waals surface area contributed by atoms with Crippen LogP contribution in [0.4, 0.5) is 5.13 Å². The minimum atomic E-state index is -0.869. The Morgan fingerprint density at radius 2 is 1.93 bits per heavy atom. The van der Waals surface area contributed by atoms with Crippen LogP contribution < -0.4 is 16.4 Å². The van der Waals surface area contributed by atoms with E-state index in [0.717, 1.165) is 16.2 Å². The Morgan fingerprint density at radius 1 is 1.17 bits per heavy atom. The van der Waals surface area contributed by atoms with Crippen LogP contribution in [0.25, 0.3) is 11.3 Å². The van der Waals surface area contributed by atoms with Crippen LogP contribution in [0.5, 0.6) is 0 Å². The van der Waals surface area contributed by atoms with Gasteiger partial charge in [-0.1, -0.05) is 36.4 Å². The number of nitrogens with two attached hydrogens (primary N) is 1. The Morgan fingerprint density at radius 3 is 2.63 bits per heavy atom. The van der Waals surface area contributed by atoms with Crippen LogP contribution in [0.15, 0.2) is 64.9 Å².